The molecule has 5 nitrogen and oxygen atoms in total. The van der Waals surface area contributed by atoms with Gasteiger partial charge in [0.05, 0.1) is 11.3 Å². The molecule has 2 aromatic rings. The molecular weight excluding hydrogens is 274 g/mol. The molecule has 1 fully saturated rings. The molecule has 0 amide bonds. The van der Waals surface area contributed by atoms with E-state index >= 15 is 0 Å². The summed E-state index contributed by atoms with van der Waals surface area (Å²) in [4.78, 5) is 12.8. The van der Waals surface area contributed by atoms with Crippen LogP contribution in [0, 0.1) is 11.3 Å². The summed E-state index contributed by atoms with van der Waals surface area (Å²) in [6.07, 6.45) is 5.59. The highest BCUT2D eigenvalue weighted by atomic mass is 15.3. The van der Waals surface area contributed by atoms with Crippen molar-refractivity contribution in [3.63, 3.8) is 0 Å². The molecule has 1 aromatic heterocycles. The largest absolute Gasteiger partial charge is 0.368 e. The molecule has 0 spiro atoms. The maximum Gasteiger partial charge on any atom is 0.131 e. The Bertz CT molecular complexity index is 664. The van der Waals surface area contributed by atoms with E-state index in [2.05, 4.69) is 32.9 Å². The fourth-order valence-electron chi connectivity index (χ4n) is 3.01. The molecule has 22 heavy (non-hydrogen) atoms. The number of piperidine rings is 1. The van der Waals surface area contributed by atoms with Gasteiger partial charge in [-0.3, -0.25) is 0 Å². The van der Waals surface area contributed by atoms with Crippen molar-refractivity contribution in [1.82, 2.24) is 9.97 Å². The fraction of sp³-hybridized carbons (Fsp3) is 0.353. The molecule has 2 heterocycles. The van der Waals surface area contributed by atoms with E-state index in [9.17, 15) is 5.26 Å². The second-order valence-corrected chi connectivity index (χ2v) is 5.55. The molecule has 5 heteroatoms. The Labute approximate surface area is 130 Å². The van der Waals surface area contributed by atoms with Gasteiger partial charge in [-0.05, 0) is 31.0 Å². The molecule has 112 valence electrons. The zero-order chi connectivity index (χ0) is 15.4. The second kappa shape index (κ2) is 6.44. The average molecular weight is 293 g/mol. The maximum absolute atomic E-state index is 9.30. The second-order valence-electron chi connectivity index (χ2n) is 5.55. The van der Waals surface area contributed by atoms with Gasteiger partial charge in [0.25, 0.3) is 0 Å². The van der Waals surface area contributed by atoms with Crippen LogP contribution >= 0.6 is 0 Å². The summed E-state index contributed by atoms with van der Waals surface area (Å²) in [6.45, 7) is 1.89. The van der Waals surface area contributed by atoms with Gasteiger partial charge in [-0.1, -0.05) is 12.1 Å². The highest BCUT2D eigenvalue weighted by molar-refractivity contribution is 5.59. The van der Waals surface area contributed by atoms with Crippen molar-refractivity contribution in [2.24, 2.45) is 0 Å². The van der Waals surface area contributed by atoms with Crippen molar-refractivity contribution in [2.45, 2.75) is 18.9 Å². The SMILES string of the molecule is CN(c1ccncn1)C1CCCN(c2ccccc2C#N)C1. The molecule has 0 aliphatic carbocycles. The minimum atomic E-state index is 0.385. The van der Waals surface area contributed by atoms with Gasteiger partial charge in [0, 0.05) is 32.4 Å². The highest BCUT2D eigenvalue weighted by Crippen LogP contribution is 2.26. The van der Waals surface area contributed by atoms with E-state index in [1.54, 1.807) is 12.5 Å². The van der Waals surface area contributed by atoms with Gasteiger partial charge in [0.1, 0.15) is 18.2 Å². The van der Waals surface area contributed by atoms with Gasteiger partial charge in [-0.15, -0.1) is 0 Å². The van der Waals surface area contributed by atoms with E-state index in [-0.39, 0.29) is 0 Å². The standard InChI is InChI=1S/C17H19N5/c1-21(17-8-9-19-13-20-17)15-6-4-10-22(12-15)16-7-3-2-5-14(16)11-18/h2-3,5,7-9,13,15H,4,6,10,12H2,1H3. The topological polar surface area (TPSA) is 56.1 Å². The number of benzene rings is 1. The molecule has 3 rings (SSSR count). The molecule has 0 radical (unpaired) electrons. The molecular formula is C17H19N5. The van der Waals surface area contributed by atoms with Gasteiger partial charge >= 0.3 is 0 Å². The smallest absolute Gasteiger partial charge is 0.131 e. The number of aromatic nitrogens is 2. The first-order valence-corrected chi connectivity index (χ1v) is 7.52. The number of hydrogen-bond acceptors (Lipinski definition) is 5. The maximum atomic E-state index is 9.30. The first-order valence-electron chi connectivity index (χ1n) is 7.52. The van der Waals surface area contributed by atoms with E-state index in [4.69, 9.17) is 0 Å². The summed E-state index contributed by atoms with van der Waals surface area (Å²) < 4.78 is 0. The summed E-state index contributed by atoms with van der Waals surface area (Å²) in [6, 6.07) is 12.4. The number of nitriles is 1. The summed E-state index contributed by atoms with van der Waals surface area (Å²) in [7, 11) is 2.08. The predicted molar refractivity (Wildman–Crippen MR) is 86.8 cm³/mol. The van der Waals surface area contributed by atoms with Crippen LogP contribution in [0.3, 0.4) is 0 Å². The number of hydrogen-bond donors (Lipinski definition) is 0. The lowest BCUT2D eigenvalue weighted by Gasteiger charge is -2.39. The Morgan fingerprint density at radius 2 is 2.18 bits per heavy atom. The van der Waals surface area contributed by atoms with Crippen molar-refractivity contribution in [3.8, 4) is 6.07 Å². The Hall–Kier alpha value is -2.61. The van der Waals surface area contributed by atoms with Crippen LogP contribution in [0.25, 0.3) is 0 Å². The lowest BCUT2D eigenvalue weighted by Crippen LogP contribution is -2.47. The van der Waals surface area contributed by atoms with Crippen LogP contribution in [0.15, 0.2) is 42.9 Å². The van der Waals surface area contributed by atoms with Crippen LogP contribution < -0.4 is 9.80 Å². The van der Waals surface area contributed by atoms with Crippen molar-refractivity contribution < 1.29 is 0 Å². The average Bonchev–Trinajstić information content (AvgIpc) is 2.62. The van der Waals surface area contributed by atoms with Crippen molar-refractivity contribution >= 4 is 11.5 Å². The van der Waals surface area contributed by atoms with Gasteiger partial charge in [0.2, 0.25) is 0 Å². The van der Waals surface area contributed by atoms with Crippen molar-refractivity contribution in [3.05, 3.63) is 48.4 Å². The Morgan fingerprint density at radius 1 is 1.32 bits per heavy atom. The van der Waals surface area contributed by atoms with Crippen molar-refractivity contribution in [2.75, 3.05) is 29.9 Å². The zero-order valence-electron chi connectivity index (χ0n) is 12.7. The van der Waals surface area contributed by atoms with E-state index in [1.807, 2.05) is 30.3 Å². The van der Waals surface area contributed by atoms with E-state index < -0.39 is 0 Å². The van der Waals surface area contributed by atoms with Crippen LogP contribution in [0.2, 0.25) is 0 Å². The molecule has 0 N–H and O–H groups in total. The van der Waals surface area contributed by atoms with Crippen LogP contribution in [0.1, 0.15) is 18.4 Å². The molecule has 1 atom stereocenters. The lowest BCUT2D eigenvalue weighted by atomic mass is 10.0. The minimum Gasteiger partial charge on any atom is -0.368 e. The summed E-state index contributed by atoms with van der Waals surface area (Å²) in [5.41, 5.74) is 1.78. The molecule has 0 bridgehead atoms. The molecule has 0 saturated carbocycles. The fourth-order valence-corrected chi connectivity index (χ4v) is 3.01. The molecule has 1 aliphatic rings. The van der Waals surface area contributed by atoms with Crippen LogP contribution in [0.5, 0.6) is 0 Å². The summed E-state index contributed by atoms with van der Waals surface area (Å²) in [5.74, 6) is 0.940. The number of rotatable bonds is 3. The summed E-state index contributed by atoms with van der Waals surface area (Å²) in [5, 5.41) is 9.30. The first-order chi connectivity index (χ1) is 10.8. The van der Waals surface area contributed by atoms with Gasteiger partial charge in [-0.25, -0.2) is 9.97 Å². The van der Waals surface area contributed by atoms with Crippen LogP contribution in [-0.2, 0) is 0 Å². The molecule has 1 saturated heterocycles. The van der Waals surface area contributed by atoms with Crippen LogP contribution in [-0.4, -0.2) is 36.1 Å². The van der Waals surface area contributed by atoms with Crippen LogP contribution in [0.4, 0.5) is 11.5 Å². The number of likely N-dealkylation sites (N-methyl/N-ethyl adjacent to an activating group) is 1. The predicted octanol–water partition coefficient (Wildman–Crippen LogP) is 2.45. The Kier molecular flexibility index (Phi) is 4.19. The third kappa shape index (κ3) is 2.86. The number of anilines is 2. The lowest BCUT2D eigenvalue weighted by molar-refractivity contribution is 0.485. The van der Waals surface area contributed by atoms with Gasteiger partial charge in [-0.2, -0.15) is 5.26 Å². The first kappa shape index (κ1) is 14.3. The Morgan fingerprint density at radius 3 is 2.95 bits per heavy atom. The van der Waals surface area contributed by atoms with E-state index in [0.29, 0.717) is 6.04 Å². The number of para-hydroxylation sites is 1. The number of nitrogens with zero attached hydrogens (tertiary/aromatic N) is 5. The molecule has 1 aromatic carbocycles. The monoisotopic (exact) mass is 293 g/mol. The van der Waals surface area contributed by atoms with E-state index in [0.717, 1.165) is 43.0 Å². The van der Waals surface area contributed by atoms with Gasteiger partial charge < -0.3 is 9.80 Å². The quantitative estimate of drug-likeness (QED) is 0.870. The highest BCUT2D eigenvalue weighted by Gasteiger charge is 2.25. The zero-order valence-corrected chi connectivity index (χ0v) is 12.7. The van der Waals surface area contributed by atoms with E-state index in [1.165, 1.54) is 0 Å². The molecule has 1 aliphatic heterocycles. The molecule has 1 unspecified atom stereocenters. The third-order valence-electron chi connectivity index (χ3n) is 4.24. The van der Waals surface area contributed by atoms with Crippen molar-refractivity contribution in [1.29, 1.82) is 5.26 Å². The van der Waals surface area contributed by atoms with Gasteiger partial charge in [0.15, 0.2) is 0 Å². The normalized spacial score (nSPS) is 17.8. The summed E-state index contributed by atoms with van der Waals surface area (Å²) >= 11 is 0. The third-order valence-corrected chi connectivity index (χ3v) is 4.24. The Balaban J connectivity index is 1.79. The minimum absolute atomic E-state index is 0.385.